The van der Waals surface area contributed by atoms with Gasteiger partial charge in [0.25, 0.3) is 5.91 Å². The van der Waals surface area contributed by atoms with Crippen LogP contribution >= 0.6 is 0 Å². The standard InChI is InChI=1S/C16H21N3O/c17-15-5-11-4-12(6-15)8-16(7-11,10-15)19-14(20)13-2-1-3-18-9-13/h1-3,9,11-12H,4-8,10,17H2,(H,19,20). The summed E-state index contributed by atoms with van der Waals surface area (Å²) in [5, 5.41) is 3.31. The van der Waals surface area contributed by atoms with E-state index in [4.69, 9.17) is 5.73 Å². The van der Waals surface area contributed by atoms with Crippen LogP contribution in [0.3, 0.4) is 0 Å². The smallest absolute Gasteiger partial charge is 0.253 e. The van der Waals surface area contributed by atoms with Crippen molar-refractivity contribution in [3.8, 4) is 0 Å². The van der Waals surface area contributed by atoms with Crippen LogP contribution in [0.25, 0.3) is 0 Å². The van der Waals surface area contributed by atoms with Gasteiger partial charge in [-0.05, 0) is 62.5 Å². The lowest BCUT2D eigenvalue weighted by molar-refractivity contribution is -0.0320. The van der Waals surface area contributed by atoms with Crippen LogP contribution in [0.4, 0.5) is 0 Å². The first-order chi connectivity index (χ1) is 9.56. The van der Waals surface area contributed by atoms with Gasteiger partial charge in [-0.25, -0.2) is 0 Å². The Labute approximate surface area is 119 Å². The normalized spacial score (nSPS) is 41.6. The summed E-state index contributed by atoms with van der Waals surface area (Å²) in [5.41, 5.74) is 7.11. The summed E-state index contributed by atoms with van der Waals surface area (Å²) >= 11 is 0. The molecule has 0 aromatic carbocycles. The molecule has 1 aromatic heterocycles. The number of amides is 1. The highest BCUT2D eigenvalue weighted by atomic mass is 16.1. The van der Waals surface area contributed by atoms with Crippen LogP contribution in [-0.4, -0.2) is 22.0 Å². The predicted molar refractivity (Wildman–Crippen MR) is 76.0 cm³/mol. The van der Waals surface area contributed by atoms with Gasteiger partial charge < -0.3 is 11.1 Å². The van der Waals surface area contributed by atoms with Crippen LogP contribution in [0.5, 0.6) is 0 Å². The largest absolute Gasteiger partial charge is 0.346 e. The predicted octanol–water partition coefficient (Wildman–Crippen LogP) is 1.86. The monoisotopic (exact) mass is 271 g/mol. The number of aromatic nitrogens is 1. The fourth-order valence-corrected chi connectivity index (χ4v) is 5.29. The van der Waals surface area contributed by atoms with Crippen molar-refractivity contribution in [2.45, 2.75) is 49.6 Å². The number of carbonyl (C=O) groups excluding carboxylic acids is 1. The molecule has 0 saturated heterocycles. The second-order valence-electron chi connectivity index (χ2n) is 7.30. The van der Waals surface area contributed by atoms with Gasteiger partial charge in [0.05, 0.1) is 5.56 Å². The minimum absolute atomic E-state index is 0.00338. The molecule has 3 N–H and O–H groups in total. The molecule has 4 aliphatic carbocycles. The Morgan fingerprint density at radius 2 is 2.05 bits per heavy atom. The summed E-state index contributed by atoms with van der Waals surface area (Å²) in [6.07, 6.45) is 10.1. The third kappa shape index (κ3) is 1.94. The van der Waals surface area contributed by atoms with E-state index in [1.165, 1.54) is 6.42 Å². The second-order valence-corrected chi connectivity index (χ2v) is 7.30. The molecule has 4 aliphatic rings. The lowest BCUT2D eigenvalue weighted by atomic mass is 9.50. The van der Waals surface area contributed by atoms with Gasteiger partial charge in [-0.2, -0.15) is 0 Å². The zero-order chi connectivity index (χ0) is 13.8. The number of hydrogen-bond acceptors (Lipinski definition) is 3. The Morgan fingerprint density at radius 3 is 2.65 bits per heavy atom. The molecule has 0 spiro atoms. The van der Waals surface area contributed by atoms with E-state index < -0.39 is 0 Å². The molecule has 2 atom stereocenters. The number of hydrogen-bond donors (Lipinski definition) is 2. The van der Waals surface area contributed by atoms with Crippen LogP contribution in [0.1, 0.15) is 48.9 Å². The molecule has 106 valence electrons. The maximum absolute atomic E-state index is 12.4. The lowest BCUT2D eigenvalue weighted by Gasteiger charge is -2.61. The first-order valence-electron chi connectivity index (χ1n) is 7.57. The van der Waals surface area contributed by atoms with E-state index in [-0.39, 0.29) is 17.0 Å². The van der Waals surface area contributed by atoms with Crippen molar-refractivity contribution >= 4 is 5.91 Å². The minimum atomic E-state index is -0.0637. The molecular weight excluding hydrogens is 250 g/mol. The van der Waals surface area contributed by atoms with E-state index in [1.54, 1.807) is 18.5 Å². The van der Waals surface area contributed by atoms with Gasteiger partial charge in [0, 0.05) is 23.5 Å². The van der Waals surface area contributed by atoms with Crippen LogP contribution in [0.15, 0.2) is 24.5 Å². The van der Waals surface area contributed by atoms with Crippen LogP contribution in [0, 0.1) is 11.8 Å². The van der Waals surface area contributed by atoms with Crippen molar-refractivity contribution in [3.63, 3.8) is 0 Å². The maximum atomic E-state index is 12.4. The number of nitrogens with zero attached hydrogens (tertiary/aromatic N) is 1. The van der Waals surface area contributed by atoms with Crippen molar-refractivity contribution in [1.29, 1.82) is 0 Å². The van der Waals surface area contributed by atoms with Crippen LogP contribution in [0.2, 0.25) is 0 Å². The van der Waals surface area contributed by atoms with Gasteiger partial charge in [-0.3, -0.25) is 9.78 Å². The average molecular weight is 271 g/mol. The summed E-state index contributed by atoms with van der Waals surface area (Å²) in [6, 6.07) is 3.63. The quantitative estimate of drug-likeness (QED) is 0.862. The molecule has 4 fully saturated rings. The summed E-state index contributed by atoms with van der Waals surface area (Å²) in [5.74, 6) is 1.41. The third-order valence-electron chi connectivity index (χ3n) is 5.41. The minimum Gasteiger partial charge on any atom is -0.346 e. The first kappa shape index (κ1) is 12.3. The van der Waals surface area contributed by atoms with E-state index in [2.05, 4.69) is 10.3 Å². The highest BCUT2D eigenvalue weighted by molar-refractivity contribution is 5.94. The van der Waals surface area contributed by atoms with E-state index in [9.17, 15) is 4.79 Å². The Kier molecular flexibility index (Phi) is 2.49. The topological polar surface area (TPSA) is 68.0 Å². The summed E-state index contributed by atoms with van der Waals surface area (Å²) in [4.78, 5) is 16.5. The molecule has 1 amide bonds. The van der Waals surface area contributed by atoms with E-state index in [0.717, 1.165) is 32.1 Å². The van der Waals surface area contributed by atoms with Crippen molar-refractivity contribution < 1.29 is 4.79 Å². The number of rotatable bonds is 2. The fraction of sp³-hybridized carbons (Fsp3) is 0.625. The van der Waals surface area contributed by atoms with Gasteiger partial charge in [0.15, 0.2) is 0 Å². The SMILES string of the molecule is NC12CC3CC(C1)CC(NC(=O)c1cccnc1)(C3)C2. The molecule has 0 aliphatic heterocycles. The Bertz CT molecular complexity index is 528. The van der Waals surface area contributed by atoms with Crippen molar-refractivity contribution in [3.05, 3.63) is 30.1 Å². The van der Waals surface area contributed by atoms with Crippen LogP contribution < -0.4 is 11.1 Å². The van der Waals surface area contributed by atoms with Gasteiger partial charge in [-0.15, -0.1) is 0 Å². The van der Waals surface area contributed by atoms with E-state index in [1.807, 2.05) is 6.07 Å². The number of nitrogens with two attached hydrogens (primary N) is 1. The molecule has 5 rings (SSSR count). The first-order valence-corrected chi connectivity index (χ1v) is 7.57. The summed E-state index contributed by atoms with van der Waals surface area (Å²) in [7, 11) is 0. The van der Waals surface area contributed by atoms with Crippen molar-refractivity contribution in [2.24, 2.45) is 17.6 Å². The Balaban J connectivity index is 1.58. The summed E-state index contributed by atoms with van der Waals surface area (Å²) < 4.78 is 0. The highest BCUT2D eigenvalue weighted by Gasteiger charge is 2.56. The second kappa shape index (κ2) is 4.04. The average Bonchev–Trinajstić information content (AvgIpc) is 2.36. The van der Waals surface area contributed by atoms with Crippen LogP contribution in [-0.2, 0) is 0 Å². The van der Waals surface area contributed by atoms with Crippen molar-refractivity contribution in [1.82, 2.24) is 10.3 Å². The zero-order valence-corrected chi connectivity index (χ0v) is 11.6. The highest BCUT2D eigenvalue weighted by Crippen LogP contribution is 2.56. The maximum Gasteiger partial charge on any atom is 0.253 e. The number of nitrogens with one attached hydrogen (secondary N) is 1. The Morgan fingerprint density at radius 1 is 1.30 bits per heavy atom. The molecular formula is C16H21N3O. The van der Waals surface area contributed by atoms with Gasteiger partial charge >= 0.3 is 0 Å². The van der Waals surface area contributed by atoms with E-state index in [0.29, 0.717) is 17.4 Å². The number of carbonyl (C=O) groups is 1. The molecule has 4 nitrogen and oxygen atoms in total. The lowest BCUT2D eigenvalue weighted by Crippen LogP contribution is -2.68. The zero-order valence-electron chi connectivity index (χ0n) is 11.6. The van der Waals surface area contributed by atoms with E-state index >= 15 is 0 Å². The molecule has 2 unspecified atom stereocenters. The fourth-order valence-electron chi connectivity index (χ4n) is 5.29. The molecule has 20 heavy (non-hydrogen) atoms. The van der Waals surface area contributed by atoms with Gasteiger partial charge in [0.1, 0.15) is 0 Å². The third-order valence-corrected chi connectivity index (χ3v) is 5.41. The molecule has 0 radical (unpaired) electrons. The van der Waals surface area contributed by atoms with Crippen molar-refractivity contribution in [2.75, 3.05) is 0 Å². The summed E-state index contributed by atoms with van der Waals surface area (Å²) in [6.45, 7) is 0. The van der Waals surface area contributed by atoms with Gasteiger partial charge in [0.2, 0.25) is 0 Å². The molecule has 4 heteroatoms. The van der Waals surface area contributed by atoms with Gasteiger partial charge in [-0.1, -0.05) is 0 Å². The molecule has 4 saturated carbocycles. The Hall–Kier alpha value is -1.42. The number of pyridine rings is 1. The molecule has 1 aromatic rings. The molecule has 1 heterocycles. The molecule has 4 bridgehead atoms.